The van der Waals surface area contributed by atoms with E-state index in [1.54, 1.807) is 0 Å². The number of amides is 2. The van der Waals surface area contributed by atoms with Gasteiger partial charge in [-0.15, -0.1) is 0 Å². The Balaban J connectivity index is 2.24. The number of urea groups is 1. The monoisotopic (exact) mass is 167 g/mol. The van der Waals surface area contributed by atoms with Gasteiger partial charge in [-0.3, -0.25) is 5.21 Å². The highest BCUT2D eigenvalue weighted by Crippen LogP contribution is 2.27. The molecular formula is C7H9N3O2. The summed E-state index contributed by atoms with van der Waals surface area (Å²) in [4.78, 5) is 12.6. The van der Waals surface area contributed by atoms with Crippen LogP contribution in [-0.2, 0) is 0 Å². The largest absolute Gasteiger partial charge is 0.345 e. The molecule has 2 fully saturated rings. The van der Waals surface area contributed by atoms with Crippen LogP contribution in [0.5, 0.6) is 0 Å². The van der Waals surface area contributed by atoms with E-state index in [4.69, 9.17) is 5.26 Å². The van der Waals surface area contributed by atoms with Crippen LogP contribution in [-0.4, -0.2) is 39.8 Å². The van der Waals surface area contributed by atoms with Crippen molar-refractivity contribution in [3.63, 3.8) is 0 Å². The van der Waals surface area contributed by atoms with E-state index in [0.717, 1.165) is 11.5 Å². The maximum absolute atomic E-state index is 11.2. The van der Waals surface area contributed by atoms with Crippen molar-refractivity contribution < 1.29 is 10.0 Å². The molecule has 2 amide bonds. The quantitative estimate of drug-likeness (QED) is 0.523. The number of rotatable bonds is 0. The number of fused-ring (bicyclic) bond motifs is 2. The van der Waals surface area contributed by atoms with Gasteiger partial charge in [0.15, 0.2) is 0 Å². The molecule has 2 saturated heterocycles. The third-order valence-electron chi connectivity index (χ3n) is 2.49. The van der Waals surface area contributed by atoms with E-state index in [2.05, 4.69) is 0 Å². The van der Waals surface area contributed by atoms with E-state index < -0.39 is 6.03 Å². The van der Waals surface area contributed by atoms with Gasteiger partial charge in [-0.1, -0.05) is 0 Å². The summed E-state index contributed by atoms with van der Waals surface area (Å²) in [5.74, 6) is 0. The van der Waals surface area contributed by atoms with Crippen molar-refractivity contribution in [3.05, 3.63) is 0 Å². The molecule has 0 aromatic rings. The van der Waals surface area contributed by atoms with Crippen LogP contribution in [0.3, 0.4) is 0 Å². The molecule has 0 unspecified atom stereocenters. The number of nitrogens with zero attached hydrogens (tertiary/aromatic N) is 3. The van der Waals surface area contributed by atoms with Gasteiger partial charge >= 0.3 is 6.03 Å². The maximum atomic E-state index is 11.2. The van der Waals surface area contributed by atoms with Crippen molar-refractivity contribution in [2.24, 2.45) is 0 Å². The standard InChI is InChI=1S/C7H9N3O2/c8-3-5-1-2-6-4-9(5)7(11)10(6)12/h5-6,12H,1-2,4H2/t5-,6-/m0/s1. The van der Waals surface area contributed by atoms with Crippen LogP contribution in [0.25, 0.3) is 0 Å². The Morgan fingerprint density at radius 3 is 3.00 bits per heavy atom. The van der Waals surface area contributed by atoms with Crippen molar-refractivity contribution in [2.45, 2.75) is 24.9 Å². The van der Waals surface area contributed by atoms with Gasteiger partial charge in [0.1, 0.15) is 6.04 Å². The summed E-state index contributed by atoms with van der Waals surface area (Å²) in [5, 5.41) is 18.6. The average molecular weight is 167 g/mol. The molecule has 2 aliphatic heterocycles. The Kier molecular flexibility index (Phi) is 1.45. The summed E-state index contributed by atoms with van der Waals surface area (Å²) in [6, 6.07) is 1.19. The third-order valence-corrected chi connectivity index (χ3v) is 2.49. The lowest BCUT2D eigenvalue weighted by Gasteiger charge is -2.24. The van der Waals surface area contributed by atoms with Gasteiger partial charge in [-0.2, -0.15) is 5.26 Å². The molecule has 0 saturated carbocycles. The lowest BCUT2D eigenvalue weighted by atomic mass is 10.0. The van der Waals surface area contributed by atoms with Crippen LogP contribution < -0.4 is 0 Å². The Morgan fingerprint density at radius 2 is 2.33 bits per heavy atom. The van der Waals surface area contributed by atoms with Crippen molar-refractivity contribution in [1.29, 1.82) is 5.26 Å². The van der Waals surface area contributed by atoms with Crippen LogP contribution in [0, 0.1) is 11.3 Å². The van der Waals surface area contributed by atoms with E-state index in [9.17, 15) is 10.0 Å². The van der Waals surface area contributed by atoms with E-state index in [-0.39, 0.29) is 12.1 Å². The molecule has 5 nitrogen and oxygen atoms in total. The van der Waals surface area contributed by atoms with E-state index in [1.807, 2.05) is 6.07 Å². The number of nitriles is 1. The second kappa shape index (κ2) is 2.35. The lowest BCUT2D eigenvalue weighted by molar-refractivity contribution is -0.0583. The molecule has 2 atom stereocenters. The summed E-state index contributed by atoms with van der Waals surface area (Å²) in [6.07, 6.45) is 1.39. The first-order valence-corrected chi connectivity index (χ1v) is 3.92. The first kappa shape index (κ1) is 7.37. The van der Waals surface area contributed by atoms with Crippen LogP contribution in [0.1, 0.15) is 12.8 Å². The molecule has 5 heteroatoms. The highest BCUT2D eigenvalue weighted by Gasteiger charge is 2.44. The molecule has 0 spiro atoms. The van der Waals surface area contributed by atoms with E-state index in [0.29, 0.717) is 13.0 Å². The lowest BCUT2D eigenvalue weighted by Crippen LogP contribution is -2.38. The molecule has 2 bridgehead atoms. The predicted molar refractivity (Wildman–Crippen MR) is 38.2 cm³/mol. The molecule has 0 aliphatic carbocycles. The van der Waals surface area contributed by atoms with Gasteiger partial charge in [0, 0.05) is 6.54 Å². The fourth-order valence-corrected chi connectivity index (χ4v) is 1.78. The summed E-state index contributed by atoms with van der Waals surface area (Å²) >= 11 is 0. The SMILES string of the molecule is N#C[C@@H]1CC[C@H]2CN1C(=O)N2O. The number of hydroxylamine groups is 2. The maximum Gasteiger partial charge on any atom is 0.345 e. The minimum absolute atomic E-state index is 0.0953. The van der Waals surface area contributed by atoms with Gasteiger partial charge in [-0.05, 0) is 12.8 Å². The Bertz CT molecular complexity index is 260. The number of piperidine rings is 1. The summed E-state index contributed by atoms with van der Waals surface area (Å²) in [7, 11) is 0. The van der Waals surface area contributed by atoms with Crippen molar-refractivity contribution in [2.75, 3.05) is 6.54 Å². The third kappa shape index (κ3) is 0.786. The molecule has 0 aromatic heterocycles. The second-order valence-corrected chi connectivity index (χ2v) is 3.16. The minimum atomic E-state index is -0.427. The normalized spacial score (nSPS) is 33.8. The molecule has 2 aliphatic rings. The first-order valence-electron chi connectivity index (χ1n) is 3.92. The van der Waals surface area contributed by atoms with Gasteiger partial charge in [0.2, 0.25) is 0 Å². The smallest absolute Gasteiger partial charge is 0.305 e. The van der Waals surface area contributed by atoms with Gasteiger partial charge in [0.25, 0.3) is 0 Å². The Hall–Kier alpha value is -1.28. The molecule has 1 N–H and O–H groups in total. The average Bonchev–Trinajstić information content (AvgIpc) is 2.33. The zero-order chi connectivity index (χ0) is 8.72. The van der Waals surface area contributed by atoms with E-state index in [1.165, 1.54) is 4.90 Å². The van der Waals surface area contributed by atoms with Gasteiger partial charge in [-0.25, -0.2) is 9.86 Å². The molecule has 0 aromatic carbocycles. The topological polar surface area (TPSA) is 67.6 Å². The minimum Gasteiger partial charge on any atom is -0.305 e. The van der Waals surface area contributed by atoms with Crippen molar-refractivity contribution in [1.82, 2.24) is 9.96 Å². The fourth-order valence-electron chi connectivity index (χ4n) is 1.78. The highest BCUT2D eigenvalue weighted by atomic mass is 16.5. The van der Waals surface area contributed by atoms with Crippen LogP contribution in [0.2, 0.25) is 0 Å². The first-order chi connectivity index (χ1) is 5.74. The Morgan fingerprint density at radius 1 is 1.58 bits per heavy atom. The number of hydrogen-bond acceptors (Lipinski definition) is 3. The zero-order valence-electron chi connectivity index (χ0n) is 6.47. The predicted octanol–water partition coefficient (Wildman–Crippen LogP) is 0.168. The van der Waals surface area contributed by atoms with Crippen LogP contribution in [0.4, 0.5) is 4.79 Å². The Labute approximate surface area is 69.7 Å². The molecular weight excluding hydrogens is 158 g/mol. The highest BCUT2D eigenvalue weighted by molar-refractivity contribution is 5.77. The van der Waals surface area contributed by atoms with Crippen molar-refractivity contribution in [3.8, 4) is 6.07 Å². The number of carbonyl (C=O) groups is 1. The summed E-state index contributed by atoms with van der Waals surface area (Å²) < 4.78 is 0. The number of carbonyl (C=O) groups excluding carboxylic acids is 1. The second-order valence-electron chi connectivity index (χ2n) is 3.16. The number of hydrogen-bond donors (Lipinski definition) is 1. The molecule has 2 rings (SSSR count). The summed E-state index contributed by atoms with van der Waals surface area (Å²) in [5.41, 5.74) is 0. The van der Waals surface area contributed by atoms with Crippen LogP contribution >= 0.6 is 0 Å². The summed E-state index contributed by atoms with van der Waals surface area (Å²) in [6.45, 7) is 0.494. The van der Waals surface area contributed by atoms with Gasteiger partial charge in [0.05, 0.1) is 12.1 Å². The van der Waals surface area contributed by atoms with Crippen LogP contribution in [0.15, 0.2) is 0 Å². The van der Waals surface area contributed by atoms with E-state index >= 15 is 0 Å². The molecule has 12 heavy (non-hydrogen) atoms. The molecule has 0 radical (unpaired) electrons. The fraction of sp³-hybridized carbons (Fsp3) is 0.714. The molecule has 2 heterocycles. The van der Waals surface area contributed by atoms with Gasteiger partial charge < -0.3 is 4.90 Å². The van der Waals surface area contributed by atoms with Crippen molar-refractivity contribution >= 4 is 6.03 Å². The zero-order valence-corrected chi connectivity index (χ0v) is 6.47. The molecule has 64 valence electrons.